The highest BCUT2D eigenvalue weighted by Crippen LogP contribution is 2.30. The number of anilines is 1. The summed E-state index contributed by atoms with van der Waals surface area (Å²) in [6.45, 7) is 0. The third-order valence-corrected chi connectivity index (χ3v) is 5.83. The van der Waals surface area contributed by atoms with Gasteiger partial charge in [0, 0.05) is 17.3 Å². The molecule has 0 aromatic carbocycles. The lowest BCUT2D eigenvalue weighted by molar-refractivity contribution is -0.117. The minimum Gasteiger partial charge on any atom is -0.327 e. The molecule has 0 aliphatic heterocycles. The molecule has 22 heavy (non-hydrogen) atoms. The van der Waals surface area contributed by atoms with Crippen LogP contribution in [0.2, 0.25) is 0 Å². The number of carbonyl (C=O) groups is 1. The van der Waals surface area contributed by atoms with E-state index in [0.29, 0.717) is 12.3 Å². The van der Waals surface area contributed by atoms with Crippen LogP contribution < -0.4 is 11.1 Å². The molecule has 2 aliphatic carbocycles. The molecule has 0 radical (unpaired) electrons. The van der Waals surface area contributed by atoms with E-state index in [2.05, 4.69) is 10.3 Å². The van der Waals surface area contributed by atoms with Crippen molar-refractivity contribution >= 4 is 34.8 Å². The summed E-state index contributed by atoms with van der Waals surface area (Å²) >= 11 is 1.67. The van der Waals surface area contributed by atoms with Crippen molar-refractivity contribution in [2.45, 2.75) is 70.3 Å². The van der Waals surface area contributed by atoms with Crippen molar-refractivity contribution in [3.8, 4) is 0 Å². The first-order chi connectivity index (χ1) is 10.2. The summed E-state index contributed by atoms with van der Waals surface area (Å²) in [7, 11) is 0. The van der Waals surface area contributed by atoms with Crippen LogP contribution in [0.5, 0.6) is 0 Å². The molecular formula is C16H26ClN3OS. The number of nitrogens with two attached hydrogens (primary N) is 1. The fourth-order valence-corrected chi connectivity index (χ4v) is 4.55. The van der Waals surface area contributed by atoms with Gasteiger partial charge in [0.2, 0.25) is 5.91 Å². The summed E-state index contributed by atoms with van der Waals surface area (Å²) < 4.78 is 0. The quantitative estimate of drug-likeness (QED) is 0.879. The largest absolute Gasteiger partial charge is 0.327 e. The molecule has 1 aromatic heterocycles. The highest BCUT2D eigenvalue weighted by atomic mass is 35.5. The smallest absolute Gasteiger partial charge is 0.226 e. The fourth-order valence-electron chi connectivity index (χ4n) is 3.49. The number of nitrogens with one attached hydrogen (secondary N) is 1. The lowest BCUT2D eigenvalue weighted by Crippen LogP contribution is -2.28. The third kappa shape index (κ3) is 4.43. The van der Waals surface area contributed by atoms with Crippen molar-refractivity contribution < 1.29 is 4.79 Å². The zero-order valence-electron chi connectivity index (χ0n) is 13.0. The van der Waals surface area contributed by atoms with E-state index in [1.54, 1.807) is 11.3 Å². The number of nitrogens with zero attached hydrogens (tertiary/aromatic N) is 1. The number of halogens is 1. The molecular weight excluding hydrogens is 318 g/mol. The Morgan fingerprint density at radius 1 is 1.18 bits per heavy atom. The zero-order chi connectivity index (χ0) is 14.7. The van der Waals surface area contributed by atoms with Gasteiger partial charge in [-0.1, -0.05) is 19.3 Å². The predicted octanol–water partition coefficient (Wildman–Crippen LogP) is 3.68. The minimum atomic E-state index is 0. The summed E-state index contributed by atoms with van der Waals surface area (Å²) in [5.74, 6) is 0.435. The first-order valence-corrected chi connectivity index (χ1v) is 9.08. The molecule has 3 N–H and O–H groups in total. The van der Waals surface area contributed by atoms with Gasteiger partial charge in [0.05, 0.1) is 5.69 Å². The summed E-state index contributed by atoms with van der Waals surface area (Å²) in [5.41, 5.74) is 7.26. The number of aryl methyl sites for hydroxylation is 2. The average molecular weight is 344 g/mol. The van der Waals surface area contributed by atoms with Gasteiger partial charge >= 0.3 is 0 Å². The number of fused-ring (bicyclic) bond motifs is 1. The van der Waals surface area contributed by atoms with Crippen LogP contribution in [-0.2, 0) is 17.6 Å². The van der Waals surface area contributed by atoms with E-state index in [9.17, 15) is 4.79 Å². The molecule has 2 atom stereocenters. The number of rotatable bonds is 3. The third-order valence-electron chi connectivity index (χ3n) is 4.76. The van der Waals surface area contributed by atoms with Crippen LogP contribution in [0.3, 0.4) is 0 Å². The molecule has 2 aliphatic rings. The van der Waals surface area contributed by atoms with Gasteiger partial charge < -0.3 is 11.1 Å². The number of hydrogen-bond donors (Lipinski definition) is 2. The van der Waals surface area contributed by atoms with Gasteiger partial charge in [0.15, 0.2) is 5.13 Å². The summed E-state index contributed by atoms with van der Waals surface area (Å²) in [6, 6.07) is 0.201. The predicted molar refractivity (Wildman–Crippen MR) is 93.8 cm³/mol. The van der Waals surface area contributed by atoms with E-state index >= 15 is 0 Å². The highest BCUT2D eigenvalue weighted by Gasteiger charge is 2.26. The van der Waals surface area contributed by atoms with E-state index < -0.39 is 0 Å². The van der Waals surface area contributed by atoms with Gasteiger partial charge in [-0.25, -0.2) is 4.98 Å². The summed E-state index contributed by atoms with van der Waals surface area (Å²) in [5, 5.41) is 3.79. The Labute approximate surface area is 142 Å². The van der Waals surface area contributed by atoms with Crippen LogP contribution in [-0.4, -0.2) is 16.9 Å². The molecule has 1 aromatic rings. The average Bonchev–Trinajstić information content (AvgIpc) is 2.97. The molecule has 0 saturated heterocycles. The summed E-state index contributed by atoms with van der Waals surface area (Å²) in [6.07, 6.45) is 11.1. The molecule has 0 spiro atoms. The SMILES string of the molecule is Cl.N[C@@H]1CCC[C@H]1CC(=O)Nc1nc2c(s1)CCCCCC2. The van der Waals surface area contributed by atoms with Crippen LogP contribution in [0.25, 0.3) is 0 Å². The van der Waals surface area contributed by atoms with Gasteiger partial charge in [0.1, 0.15) is 0 Å². The van der Waals surface area contributed by atoms with E-state index in [4.69, 9.17) is 5.73 Å². The minimum absolute atomic E-state index is 0. The second-order valence-corrected chi connectivity index (χ2v) is 7.49. The van der Waals surface area contributed by atoms with Crippen molar-refractivity contribution in [2.24, 2.45) is 11.7 Å². The van der Waals surface area contributed by atoms with Gasteiger partial charge in [0.25, 0.3) is 0 Å². The topological polar surface area (TPSA) is 68.0 Å². The molecule has 3 rings (SSSR count). The maximum Gasteiger partial charge on any atom is 0.226 e. The van der Waals surface area contributed by atoms with E-state index in [1.165, 1.54) is 36.3 Å². The lowest BCUT2D eigenvalue weighted by atomic mass is 10.00. The molecule has 1 saturated carbocycles. The normalized spacial score (nSPS) is 24.8. The second-order valence-electron chi connectivity index (χ2n) is 6.41. The van der Waals surface area contributed by atoms with E-state index in [0.717, 1.165) is 37.2 Å². The van der Waals surface area contributed by atoms with Crippen LogP contribution in [0.15, 0.2) is 0 Å². The Hall–Kier alpha value is -0.650. The number of thiazole rings is 1. The lowest BCUT2D eigenvalue weighted by Gasteiger charge is -2.13. The highest BCUT2D eigenvalue weighted by molar-refractivity contribution is 7.15. The van der Waals surface area contributed by atoms with Crippen molar-refractivity contribution in [1.82, 2.24) is 4.98 Å². The van der Waals surface area contributed by atoms with Crippen LogP contribution in [0.1, 0.15) is 61.9 Å². The van der Waals surface area contributed by atoms with E-state index in [1.807, 2.05) is 0 Å². The molecule has 6 heteroatoms. The molecule has 124 valence electrons. The number of aromatic nitrogens is 1. The monoisotopic (exact) mass is 343 g/mol. The number of amides is 1. The van der Waals surface area contributed by atoms with Gasteiger partial charge in [-0.3, -0.25) is 4.79 Å². The molecule has 1 amide bonds. The van der Waals surface area contributed by atoms with Gasteiger partial charge in [-0.15, -0.1) is 23.7 Å². The maximum absolute atomic E-state index is 12.2. The fraction of sp³-hybridized carbons (Fsp3) is 0.750. The van der Waals surface area contributed by atoms with Gasteiger partial charge in [-0.2, -0.15) is 0 Å². The van der Waals surface area contributed by atoms with Crippen molar-refractivity contribution in [3.63, 3.8) is 0 Å². The number of carbonyl (C=O) groups excluding carboxylic acids is 1. The summed E-state index contributed by atoms with van der Waals surface area (Å²) in [4.78, 5) is 18.2. The van der Waals surface area contributed by atoms with Crippen LogP contribution in [0, 0.1) is 5.92 Å². The molecule has 4 nitrogen and oxygen atoms in total. The van der Waals surface area contributed by atoms with Crippen LogP contribution in [0.4, 0.5) is 5.13 Å². The Morgan fingerprint density at radius 2 is 1.95 bits per heavy atom. The Morgan fingerprint density at radius 3 is 2.68 bits per heavy atom. The first kappa shape index (κ1) is 17.7. The first-order valence-electron chi connectivity index (χ1n) is 8.26. The van der Waals surface area contributed by atoms with Crippen molar-refractivity contribution in [1.29, 1.82) is 0 Å². The maximum atomic E-state index is 12.2. The van der Waals surface area contributed by atoms with Crippen molar-refractivity contribution in [3.05, 3.63) is 10.6 Å². The second kappa shape index (κ2) is 8.27. The molecule has 1 fully saturated rings. The Kier molecular flexibility index (Phi) is 6.66. The Balaban J connectivity index is 0.00000176. The zero-order valence-corrected chi connectivity index (χ0v) is 14.6. The van der Waals surface area contributed by atoms with Crippen LogP contribution >= 0.6 is 23.7 Å². The molecule has 0 bridgehead atoms. The Bertz CT molecular complexity index is 480. The van der Waals surface area contributed by atoms with Crippen molar-refractivity contribution in [2.75, 3.05) is 5.32 Å². The standard InChI is InChI=1S/C16H25N3OS.ClH/c17-12-7-5-6-11(12)10-15(20)19-16-18-13-8-3-1-2-4-9-14(13)21-16;/h11-12H,1-10,17H2,(H,18,19,20);1H/t11-,12+;/m0./s1. The van der Waals surface area contributed by atoms with Gasteiger partial charge in [-0.05, 0) is 44.4 Å². The number of hydrogen-bond acceptors (Lipinski definition) is 4. The molecule has 1 heterocycles. The van der Waals surface area contributed by atoms with E-state index in [-0.39, 0.29) is 24.4 Å². The molecule has 0 unspecified atom stereocenters.